The first-order chi connectivity index (χ1) is 12.6. The maximum absolute atomic E-state index is 12.0. The van der Waals surface area contributed by atoms with Crippen LogP contribution in [0.4, 0.5) is 5.69 Å². The van der Waals surface area contributed by atoms with E-state index in [9.17, 15) is 4.79 Å². The Morgan fingerprint density at radius 3 is 2.33 bits per heavy atom. The fraction of sp³-hybridized carbons (Fsp3) is 0.286. The summed E-state index contributed by atoms with van der Waals surface area (Å²) in [4.78, 5) is 16.6. The van der Waals surface area contributed by atoms with Crippen LogP contribution in [0.2, 0.25) is 0 Å². The molecule has 0 spiro atoms. The lowest BCUT2D eigenvalue weighted by Crippen LogP contribution is -2.41. The van der Waals surface area contributed by atoms with Gasteiger partial charge in [0, 0.05) is 16.7 Å². The van der Waals surface area contributed by atoms with Crippen LogP contribution >= 0.6 is 12.2 Å². The molecular weight excluding hydrogens is 358 g/mol. The van der Waals surface area contributed by atoms with Crippen molar-refractivity contribution < 1.29 is 9.21 Å². The summed E-state index contributed by atoms with van der Waals surface area (Å²) in [7, 11) is 0. The summed E-state index contributed by atoms with van der Waals surface area (Å²) < 4.78 is 5.89. The molecule has 0 aliphatic carbocycles. The maximum Gasteiger partial charge on any atom is 0.231 e. The topological polar surface area (TPSA) is 67.2 Å². The third-order valence-corrected chi connectivity index (χ3v) is 4.51. The van der Waals surface area contributed by atoms with E-state index in [1.807, 2.05) is 57.2 Å². The lowest BCUT2D eigenvalue weighted by molar-refractivity contribution is -0.126. The molecule has 0 bridgehead atoms. The number of oxazole rings is 1. The number of benzene rings is 2. The number of aromatic nitrogens is 1. The SMILES string of the molecule is Cc1cc2nc(-c3ccc(NC(=S)NC(=O)C(C)(C)C)cc3)oc2cc1C. The molecule has 0 radical (unpaired) electrons. The first-order valence-electron chi connectivity index (χ1n) is 8.74. The highest BCUT2D eigenvalue weighted by molar-refractivity contribution is 7.80. The minimum absolute atomic E-state index is 0.131. The van der Waals surface area contributed by atoms with Crippen LogP contribution in [-0.2, 0) is 4.79 Å². The molecular formula is C21H23N3O2S. The zero-order valence-electron chi connectivity index (χ0n) is 16.1. The number of hydrogen-bond donors (Lipinski definition) is 2. The number of carbonyl (C=O) groups is 1. The molecule has 1 amide bonds. The molecule has 0 aliphatic heterocycles. The predicted octanol–water partition coefficient (Wildman–Crippen LogP) is 4.97. The van der Waals surface area contributed by atoms with E-state index in [1.165, 1.54) is 11.1 Å². The van der Waals surface area contributed by atoms with Crippen molar-refractivity contribution in [3.05, 3.63) is 47.5 Å². The molecule has 1 aromatic heterocycles. The van der Waals surface area contributed by atoms with Gasteiger partial charge in [0.25, 0.3) is 0 Å². The number of nitrogens with one attached hydrogen (secondary N) is 2. The van der Waals surface area contributed by atoms with Crippen LogP contribution in [-0.4, -0.2) is 16.0 Å². The Kier molecular flexibility index (Phi) is 5.02. The van der Waals surface area contributed by atoms with Gasteiger partial charge < -0.3 is 15.1 Å². The van der Waals surface area contributed by atoms with Gasteiger partial charge in [0.2, 0.25) is 11.8 Å². The fourth-order valence-corrected chi connectivity index (χ4v) is 2.66. The molecule has 0 aliphatic rings. The van der Waals surface area contributed by atoms with Gasteiger partial charge in [0.1, 0.15) is 5.52 Å². The third kappa shape index (κ3) is 4.34. The van der Waals surface area contributed by atoms with Gasteiger partial charge in [-0.1, -0.05) is 20.8 Å². The van der Waals surface area contributed by atoms with Crippen LogP contribution in [0.3, 0.4) is 0 Å². The van der Waals surface area contributed by atoms with E-state index in [1.54, 1.807) is 0 Å². The second kappa shape index (κ2) is 7.12. The number of rotatable bonds is 2. The van der Waals surface area contributed by atoms with Gasteiger partial charge in [0.05, 0.1) is 0 Å². The molecule has 3 rings (SSSR count). The quantitative estimate of drug-likeness (QED) is 0.614. The van der Waals surface area contributed by atoms with Crippen molar-refractivity contribution in [2.75, 3.05) is 5.32 Å². The number of hydrogen-bond acceptors (Lipinski definition) is 4. The number of fused-ring (bicyclic) bond motifs is 1. The second-order valence-corrected chi connectivity index (χ2v) is 8.07. The Morgan fingerprint density at radius 2 is 1.70 bits per heavy atom. The number of nitrogens with zero attached hydrogens (tertiary/aromatic N) is 1. The average molecular weight is 382 g/mol. The molecule has 5 nitrogen and oxygen atoms in total. The van der Waals surface area contributed by atoms with Crippen molar-refractivity contribution in [2.24, 2.45) is 5.41 Å². The normalized spacial score (nSPS) is 11.4. The van der Waals surface area contributed by atoms with Gasteiger partial charge >= 0.3 is 0 Å². The standard InChI is InChI=1S/C21H23N3O2S/c1-12-10-16-17(11-13(12)2)26-18(23-16)14-6-8-15(9-7-14)22-20(27)24-19(25)21(3,4)5/h6-11H,1-5H3,(H2,22,24,25,27). The zero-order valence-corrected chi connectivity index (χ0v) is 17.0. The van der Waals surface area contributed by atoms with Gasteiger partial charge in [0.15, 0.2) is 10.7 Å². The van der Waals surface area contributed by atoms with E-state index in [0.717, 1.165) is 22.4 Å². The van der Waals surface area contributed by atoms with Gasteiger partial charge in [-0.05, 0) is 73.6 Å². The molecule has 0 atom stereocenters. The molecule has 2 N–H and O–H groups in total. The monoisotopic (exact) mass is 381 g/mol. The van der Waals surface area contributed by atoms with Crippen LogP contribution in [0.1, 0.15) is 31.9 Å². The van der Waals surface area contributed by atoms with Crippen molar-refractivity contribution in [1.29, 1.82) is 0 Å². The van der Waals surface area contributed by atoms with E-state index < -0.39 is 5.41 Å². The van der Waals surface area contributed by atoms with Gasteiger partial charge in [-0.3, -0.25) is 4.79 Å². The van der Waals surface area contributed by atoms with E-state index in [2.05, 4.69) is 29.5 Å². The molecule has 0 fully saturated rings. The molecule has 3 aromatic rings. The van der Waals surface area contributed by atoms with Crippen LogP contribution < -0.4 is 10.6 Å². The van der Waals surface area contributed by atoms with Crippen molar-refractivity contribution in [2.45, 2.75) is 34.6 Å². The summed E-state index contributed by atoms with van der Waals surface area (Å²) >= 11 is 5.20. The predicted molar refractivity (Wildman–Crippen MR) is 113 cm³/mol. The summed E-state index contributed by atoms with van der Waals surface area (Å²) in [5.74, 6) is 0.443. The Labute approximate surface area is 164 Å². The van der Waals surface area contributed by atoms with Crippen molar-refractivity contribution >= 4 is 40.0 Å². The van der Waals surface area contributed by atoms with Crippen molar-refractivity contribution in [3.63, 3.8) is 0 Å². The van der Waals surface area contributed by atoms with E-state index >= 15 is 0 Å². The summed E-state index contributed by atoms with van der Waals surface area (Å²) in [5.41, 5.74) is 5.14. The van der Waals surface area contributed by atoms with Gasteiger partial charge in [-0.2, -0.15) is 0 Å². The Bertz CT molecular complexity index is 975. The van der Waals surface area contributed by atoms with Crippen molar-refractivity contribution in [3.8, 4) is 11.5 Å². The number of amides is 1. The maximum atomic E-state index is 12.0. The molecule has 0 saturated carbocycles. The Balaban J connectivity index is 1.74. The highest BCUT2D eigenvalue weighted by atomic mass is 32.1. The number of anilines is 1. The minimum Gasteiger partial charge on any atom is -0.436 e. The molecule has 0 saturated heterocycles. The highest BCUT2D eigenvalue weighted by Crippen LogP contribution is 2.27. The van der Waals surface area contributed by atoms with Gasteiger partial charge in [-0.25, -0.2) is 4.98 Å². The largest absolute Gasteiger partial charge is 0.436 e. The highest BCUT2D eigenvalue weighted by Gasteiger charge is 2.22. The molecule has 2 aromatic carbocycles. The van der Waals surface area contributed by atoms with Crippen LogP contribution in [0, 0.1) is 19.3 Å². The Morgan fingerprint density at radius 1 is 1.07 bits per heavy atom. The Hall–Kier alpha value is -2.73. The van der Waals surface area contributed by atoms with Crippen molar-refractivity contribution in [1.82, 2.24) is 10.3 Å². The van der Waals surface area contributed by atoms with E-state index in [-0.39, 0.29) is 11.0 Å². The lowest BCUT2D eigenvalue weighted by atomic mass is 9.96. The van der Waals surface area contributed by atoms with Crippen LogP contribution in [0.5, 0.6) is 0 Å². The first kappa shape index (κ1) is 19.0. The minimum atomic E-state index is -0.501. The molecule has 1 heterocycles. The van der Waals surface area contributed by atoms with Gasteiger partial charge in [-0.15, -0.1) is 0 Å². The van der Waals surface area contributed by atoms with Crippen LogP contribution in [0.15, 0.2) is 40.8 Å². The number of thiocarbonyl (C=S) groups is 1. The fourth-order valence-electron chi connectivity index (χ4n) is 2.45. The van der Waals surface area contributed by atoms with Crippen LogP contribution in [0.25, 0.3) is 22.6 Å². The van der Waals surface area contributed by atoms with E-state index in [4.69, 9.17) is 16.6 Å². The summed E-state index contributed by atoms with van der Waals surface area (Å²) in [6.07, 6.45) is 0. The molecule has 6 heteroatoms. The molecule has 0 unspecified atom stereocenters. The summed E-state index contributed by atoms with van der Waals surface area (Å²) in [6, 6.07) is 11.6. The average Bonchev–Trinajstić information content (AvgIpc) is 2.97. The lowest BCUT2D eigenvalue weighted by Gasteiger charge is -2.18. The van der Waals surface area contributed by atoms with E-state index in [0.29, 0.717) is 5.89 Å². The number of carbonyl (C=O) groups excluding carboxylic acids is 1. The smallest absolute Gasteiger partial charge is 0.231 e. The zero-order chi connectivity index (χ0) is 19.8. The first-order valence-corrected chi connectivity index (χ1v) is 9.15. The molecule has 140 valence electrons. The third-order valence-electron chi connectivity index (χ3n) is 4.30. The molecule has 27 heavy (non-hydrogen) atoms. The summed E-state index contributed by atoms with van der Waals surface area (Å²) in [6.45, 7) is 9.62. The second-order valence-electron chi connectivity index (χ2n) is 7.66. The summed E-state index contributed by atoms with van der Waals surface area (Å²) in [5, 5.41) is 5.98. The number of aryl methyl sites for hydroxylation is 2.